The van der Waals surface area contributed by atoms with Gasteiger partial charge < -0.3 is 0 Å². The minimum absolute atomic E-state index is 0.0291. The van der Waals surface area contributed by atoms with Crippen molar-refractivity contribution in [2.75, 3.05) is 0 Å². The van der Waals surface area contributed by atoms with Gasteiger partial charge in [0.15, 0.2) is 0 Å². The van der Waals surface area contributed by atoms with Gasteiger partial charge in [0.2, 0.25) is 0 Å². The van der Waals surface area contributed by atoms with Gasteiger partial charge in [0.25, 0.3) is 0 Å². The normalized spacial score (nSPS) is 17.9. The summed E-state index contributed by atoms with van der Waals surface area (Å²) in [5.74, 6) is 0.685. The SMILES string of the molecule is Clc1nc2ccccc2cc1/C=N/NC1=[NH+][C@H]2C=CC(Br)=CC2=C(c2ccccc2)N1. The number of para-hydroxylation sites is 1. The fourth-order valence-corrected chi connectivity index (χ4v) is 4.18. The number of pyridine rings is 1. The number of hydrogen-bond acceptors (Lipinski definition) is 4. The Kier molecular flexibility index (Phi) is 5.40. The molecule has 0 bridgehead atoms. The van der Waals surface area contributed by atoms with Crippen molar-refractivity contribution in [2.45, 2.75) is 6.04 Å². The first-order valence-corrected chi connectivity index (χ1v) is 10.9. The van der Waals surface area contributed by atoms with Crippen molar-refractivity contribution >= 4 is 56.3 Å². The molecule has 2 heterocycles. The molecule has 5 nitrogen and oxygen atoms in total. The van der Waals surface area contributed by atoms with E-state index in [0.717, 1.165) is 37.8 Å². The summed E-state index contributed by atoms with van der Waals surface area (Å²) in [5, 5.41) is 9.24. The third-order valence-corrected chi connectivity index (χ3v) is 5.86. The van der Waals surface area contributed by atoms with Gasteiger partial charge >= 0.3 is 5.96 Å². The average Bonchev–Trinajstić information content (AvgIpc) is 2.79. The maximum absolute atomic E-state index is 6.34. The lowest BCUT2D eigenvalue weighted by Gasteiger charge is -2.22. The summed E-state index contributed by atoms with van der Waals surface area (Å²) in [7, 11) is 0. The maximum Gasteiger partial charge on any atom is 0.373 e. The van der Waals surface area contributed by atoms with E-state index in [-0.39, 0.29) is 6.04 Å². The zero-order valence-corrected chi connectivity index (χ0v) is 18.7. The van der Waals surface area contributed by atoms with E-state index in [2.05, 4.69) is 66.0 Å². The molecule has 0 saturated heterocycles. The molecule has 152 valence electrons. The molecule has 0 fully saturated rings. The highest BCUT2D eigenvalue weighted by molar-refractivity contribution is 9.11. The first kappa shape index (κ1) is 19.7. The molecule has 0 radical (unpaired) electrons. The summed E-state index contributed by atoms with van der Waals surface area (Å²) in [6.45, 7) is 0. The first-order chi connectivity index (χ1) is 15.2. The lowest BCUT2D eigenvalue weighted by atomic mass is 9.95. The van der Waals surface area contributed by atoms with E-state index in [1.54, 1.807) is 6.21 Å². The zero-order valence-electron chi connectivity index (χ0n) is 16.3. The van der Waals surface area contributed by atoms with Crippen LogP contribution < -0.4 is 15.7 Å². The quantitative estimate of drug-likeness (QED) is 0.299. The average molecular weight is 492 g/mol. The second-order valence-electron chi connectivity index (χ2n) is 7.14. The van der Waals surface area contributed by atoms with Crippen LogP contribution in [0.5, 0.6) is 0 Å². The number of halogens is 2. The molecule has 1 aliphatic carbocycles. The van der Waals surface area contributed by atoms with Gasteiger partial charge in [0.1, 0.15) is 16.9 Å². The van der Waals surface area contributed by atoms with Crippen molar-refractivity contribution in [2.24, 2.45) is 5.10 Å². The van der Waals surface area contributed by atoms with Crippen molar-refractivity contribution in [3.8, 4) is 0 Å². The molecule has 3 aromatic rings. The van der Waals surface area contributed by atoms with Crippen LogP contribution in [0.2, 0.25) is 5.15 Å². The molecule has 0 unspecified atom stereocenters. The summed E-state index contributed by atoms with van der Waals surface area (Å²) in [5.41, 5.74) is 7.94. The van der Waals surface area contributed by atoms with E-state index < -0.39 is 0 Å². The number of nitrogens with zero attached hydrogens (tertiary/aromatic N) is 2. The van der Waals surface area contributed by atoms with Crippen LogP contribution in [0.15, 0.2) is 94.0 Å². The van der Waals surface area contributed by atoms with Crippen molar-refractivity contribution in [3.05, 3.63) is 105 Å². The van der Waals surface area contributed by atoms with Crippen LogP contribution in [0.3, 0.4) is 0 Å². The minimum Gasteiger partial charge on any atom is -0.265 e. The molecular formula is C24H18BrClN5+. The van der Waals surface area contributed by atoms with Crippen LogP contribution in [0, 0.1) is 0 Å². The highest BCUT2D eigenvalue weighted by Crippen LogP contribution is 2.26. The molecule has 0 amide bonds. The lowest BCUT2D eigenvalue weighted by Crippen LogP contribution is -2.86. The fourth-order valence-electron chi connectivity index (χ4n) is 3.59. The van der Waals surface area contributed by atoms with Gasteiger partial charge in [0.05, 0.1) is 11.7 Å². The number of hydrogen-bond donors (Lipinski definition) is 3. The van der Waals surface area contributed by atoms with E-state index in [0.29, 0.717) is 11.1 Å². The number of aromatic nitrogens is 1. The summed E-state index contributed by atoms with van der Waals surface area (Å²) >= 11 is 9.91. The summed E-state index contributed by atoms with van der Waals surface area (Å²) in [6.07, 6.45) is 7.94. The van der Waals surface area contributed by atoms with Gasteiger partial charge in [-0.1, -0.05) is 76.1 Å². The maximum atomic E-state index is 6.34. The zero-order chi connectivity index (χ0) is 21.2. The van der Waals surface area contributed by atoms with Crippen LogP contribution in [0.1, 0.15) is 11.1 Å². The highest BCUT2D eigenvalue weighted by atomic mass is 79.9. The van der Waals surface area contributed by atoms with Crippen molar-refractivity contribution < 1.29 is 4.99 Å². The number of nitrogens with one attached hydrogen (secondary N) is 3. The summed E-state index contributed by atoms with van der Waals surface area (Å²) < 4.78 is 1.03. The van der Waals surface area contributed by atoms with E-state index >= 15 is 0 Å². The summed E-state index contributed by atoms with van der Waals surface area (Å²) in [4.78, 5) is 7.86. The number of allylic oxidation sites excluding steroid dienone is 2. The summed E-state index contributed by atoms with van der Waals surface area (Å²) in [6, 6.07) is 20.1. The Morgan fingerprint density at radius 3 is 2.81 bits per heavy atom. The van der Waals surface area contributed by atoms with Gasteiger partial charge in [-0.25, -0.2) is 10.3 Å². The Hall–Kier alpha value is -3.22. The van der Waals surface area contributed by atoms with E-state index in [9.17, 15) is 0 Å². The molecule has 0 spiro atoms. The van der Waals surface area contributed by atoms with Crippen molar-refractivity contribution in [3.63, 3.8) is 0 Å². The topological polar surface area (TPSA) is 63.3 Å². The van der Waals surface area contributed by atoms with Crippen LogP contribution in [-0.4, -0.2) is 23.2 Å². The fraction of sp³-hybridized carbons (Fsp3) is 0.0417. The second-order valence-corrected chi connectivity index (χ2v) is 8.41. The molecule has 2 aliphatic rings. The Bertz CT molecular complexity index is 1310. The molecule has 31 heavy (non-hydrogen) atoms. The smallest absolute Gasteiger partial charge is 0.265 e. The monoisotopic (exact) mass is 490 g/mol. The molecule has 2 aromatic carbocycles. The van der Waals surface area contributed by atoms with Gasteiger partial charge in [-0.2, -0.15) is 5.43 Å². The Morgan fingerprint density at radius 1 is 1.13 bits per heavy atom. The molecule has 1 atom stereocenters. The van der Waals surface area contributed by atoms with Crippen LogP contribution in [0.25, 0.3) is 16.6 Å². The number of hydrazone groups is 1. The predicted octanol–water partition coefficient (Wildman–Crippen LogP) is 3.48. The number of benzene rings is 2. The number of guanidine groups is 1. The predicted molar refractivity (Wildman–Crippen MR) is 130 cm³/mol. The molecule has 1 aliphatic heterocycles. The van der Waals surface area contributed by atoms with E-state index in [4.69, 9.17) is 11.6 Å². The second kappa shape index (κ2) is 8.49. The van der Waals surface area contributed by atoms with Gasteiger partial charge in [-0.15, -0.1) is 5.10 Å². The molecular weight excluding hydrogens is 474 g/mol. The van der Waals surface area contributed by atoms with Gasteiger partial charge in [-0.05, 0) is 30.4 Å². The largest absolute Gasteiger partial charge is 0.373 e. The van der Waals surface area contributed by atoms with Gasteiger partial charge in [-0.3, -0.25) is 4.99 Å². The van der Waals surface area contributed by atoms with Crippen LogP contribution in [0.4, 0.5) is 0 Å². The Labute approximate surface area is 193 Å². The molecule has 1 aromatic heterocycles. The number of rotatable bonds is 3. The highest BCUT2D eigenvalue weighted by Gasteiger charge is 2.28. The Morgan fingerprint density at radius 2 is 1.94 bits per heavy atom. The minimum atomic E-state index is 0.0291. The molecule has 5 rings (SSSR count). The molecule has 7 heteroatoms. The first-order valence-electron chi connectivity index (χ1n) is 9.77. The van der Waals surface area contributed by atoms with Crippen LogP contribution in [-0.2, 0) is 0 Å². The third kappa shape index (κ3) is 4.17. The lowest BCUT2D eigenvalue weighted by molar-refractivity contribution is -0.483. The Balaban J connectivity index is 1.41. The van der Waals surface area contributed by atoms with E-state index in [1.165, 1.54) is 0 Å². The van der Waals surface area contributed by atoms with E-state index in [1.807, 2.05) is 54.6 Å². The van der Waals surface area contributed by atoms with Crippen molar-refractivity contribution in [1.29, 1.82) is 0 Å². The van der Waals surface area contributed by atoms with Crippen LogP contribution >= 0.6 is 27.5 Å². The molecule has 3 N–H and O–H groups in total. The standard InChI is InChI=1S/C24H17BrClN5/c25-18-10-11-21-19(13-18)22(15-6-2-1-3-7-15)30-24(29-21)31-27-14-17-12-16-8-4-5-9-20(16)28-23(17)26/h1-14,21H,(H2,29,30,31)/p+1/b27-14+/t21-/m0/s1. The number of fused-ring (bicyclic) bond motifs is 2. The van der Waals surface area contributed by atoms with Gasteiger partial charge in [0, 0.05) is 26.6 Å². The third-order valence-electron chi connectivity index (χ3n) is 5.06. The van der Waals surface area contributed by atoms with Crippen molar-refractivity contribution in [1.82, 2.24) is 15.7 Å². The molecule has 0 saturated carbocycles.